The fourth-order valence-corrected chi connectivity index (χ4v) is 3.32. The SMILES string of the molecule is [B](C(=C(c1ccccc1)c1ccccc1)c1ccccc1)c1ccccc1. The van der Waals surface area contributed by atoms with E-state index in [0.717, 1.165) is 0 Å². The summed E-state index contributed by atoms with van der Waals surface area (Å²) in [5, 5.41) is 0. The molecule has 0 aromatic heterocycles. The van der Waals surface area contributed by atoms with E-state index in [1.807, 2.05) is 0 Å². The van der Waals surface area contributed by atoms with Crippen LogP contribution in [0, 0.1) is 0 Å². The molecule has 0 atom stereocenters. The molecule has 4 aromatic carbocycles. The van der Waals surface area contributed by atoms with Gasteiger partial charge in [-0.3, -0.25) is 0 Å². The first kappa shape index (κ1) is 17.1. The Morgan fingerprint density at radius 3 is 1.22 bits per heavy atom. The van der Waals surface area contributed by atoms with Gasteiger partial charge >= 0.3 is 0 Å². The molecule has 0 spiro atoms. The van der Waals surface area contributed by atoms with Crippen molar-refractivity contribution in [1.29, 1.82) is 0 Å². The molecule has 0 heterocycles. The molecule has 4 aromatic rings. The molecule has 0 aliphatic heterocycles. The van der Waals surface area contributed by atoms with Crippen LogP contribution >= 0.6 is 0 Å². The minimum atomic E-state index is 1.20. The summed E-state index contributed by atoms with van der Waals surface area (Å²) in [6.45, 7) is 0. The van der Waals surface area contributed by atoms with Crippen LogP contribution in [0.15, 0.2) is 121 Å². The standard InChI is InChI=1S/C26H20B/c1-5-13-21(14-6-1)25(22-15-7-2-8-16-22)26(23-17-9-3-10-18-23)27-24-19-11-4-12-20-24/h1-20H. The quantitative estimate of drug-likeness (QED) is 0.325. The lowest BCUT2D eigenvalue weighted by Crippen LogP contribution is -2.17. The van der Waals surface area contributed by atoms with Gasteiger partial charge in [-0.05, 0) is 22.3 Å². The molecule has 0 bridgehead atoms. The zero-order chi connectivity index (χ0) is 18.3. The Hall–Kier alpha value is -3.32. The van der Waals surface area contributed by atoms with Gasteiger partial charge in [0, 0.05) is 0 Å². The highest BCUT2D eigenvalue weighted by molar-refractivity contribution is 6.75. The van der Waals surface area contributed by atoms with E-state index in [-0.39, 0.29) is 0 Å². The smallest absolute Gasteiger partial charge is 0.0814 e. The first-order valence-corrected chi connectivity index (χ1v) is 9.22. The van der Waals surface area contributed by atoms with E-state index in [1.165, 1.54) is 33.2 Å². The second-order valence-electron chi connectivity index (χ2n) is 6.44. The molecule has 27 heavy (non-hydrogen) atoms. The second kappa shape index (κ2) is 8.38. The van der Waals surface area contributed by atoms with Crippen molar-refractivity contribution in [3.63, 3.8) is 0 Å². The molecule has 0 aliphatic carbocycles. The molecule has 0 nitrogen and oxygen atoms in total. The maximum absolute atomic E-state index is 2.28. The molecular weight excluding hydrogens is 323 g/mol. The molecule has 0 saturated heterocycles. The van der Waals surface area contributed by atoms with Crippen molar-refractivity contribution in [3.8, 4) is 0 Å². The van der Waals surface area contributed by atoms with Crippen LogP contribution in [-0.2, 0) is 0 Å². The predicted octanol–water partition coefficient (Wildman–Crippen LogP) is 5.63. The van der Waals surface area contributed by atoms with Crippen LogP contribution in [-0.4, -0.2) is 7.28 Å². The normalized spacial score (nSPS) is 10.2. The number of hydrogen-bond acceptors (Lipinski definition) is 0. The third-order valence-electron chi connectivity index (χ3n) is 4.59. The first-order valence-electron chi connectivity index (χ1n) is 9.22. The fraction of sp³-hybridized carbons (Fsp3) is 0. The lowest BCUT2D eigenvalue weighted by Gasteiger charge is -2.17. The molecule has 0 unspecified atom stereocenters. The monoisotopic (exact) mass is 343 g/mol. The molecule has 0 fully saturated rings. The Morgan fingerprint density at radius 1 is 0.407 bits per heavy atom. The second-order valence-corrected chi connectivity index (χ2v) is 6.44. The number of benzene rings is 4. The number of hydrogen-bond donors (Lipinski definition) is 0. The van der Waals surface area contributed by atoms with Crippen molar-refractivity contribution >= 4 is 23.8 Å². The van der Waals surface area contributed by atoms with Gasteiger partial charge in [-0.25, -0.2) is 0 Å². The third kappa shape index (κ3) is 4.10. The first-order chi connectivity index (χ1) is 13.4. The van der Waals surface area contributed by atoms with E-state index in [0.29, 0.717) is 0 Å². The van der Waals surface area contributed by atoms with Gasteiger partial charge in [0.05, 0.1) is 0 Å². The van der Waals surface area contributed by atoms with Crippen LogP contribution in [0.4, 0.5) is 0 Å². The maximum Gasteiger partial charge on any atom is 0.193 e. The molecular formula is C26H20B. The molecule has 127 valence electrons. The van der Waals surface area contributed by atoms with Gasteiger partial charge in [0.2, 0.25) is 0 Å². The van der Waals surface area contributed by atoms with Crippen LogP contribution in [0.1, 0.15) is 16.7 Å². The lowest BCUT2D eigenvalue weighted by molar-refractivity contribution is 1.54. The lowest BCUT2D eigenvalue weighted by atomic mass is 9.58. The van der Waals surface area contributed by atoms with Gasteiger partial charge < -0.3 is 0 Å². The van der Waals surface area contributed by atoms with Crippen molar-refractivity contribution in [2.45, 2.75) is 0 Å². The fourth-order valence-electron chi connectivity index (χ4n) is 3.32. The minimum Gasteiger partial charge on any atom is -0.0814 e. The van der Waals surface area contributed by atoms with Crippen LogP contribution < -0.4 is 5.46 Å². The van der Waals surface area contributed by atoms with E-state index in [1.54, 1.807) is 0 Å². The molecule has 1 heteroatoms. The summed E-state index contributed by atoms with van der Waals surface area (Å²) in [6.07, 6.45) is 0. The van der Waals surface area contributed by atoms with Crippen LogP contribution in [0.2, 0.25) is 0 Å². The highest BCUT2D eigenvalue weighted by Gasteiger charge is 2.15. The average molecular weight is 343 g/mol. The van der Waals surface area contributed by atoms with Gasteiger partial charge in [0.15, 0.2) is 7.28 Å². The summed E-state index contributed by atoms with van der Waals surface area (Å²) < 4.78 is 0. The van der Waals surface area contributed by atoms with E-state index < -0.39 is 0 Å². The molecule has 1 radical (unpaired) electrons. The van der Waals surface area contributed by atoms with E-state index in [4.69, 9.17) is 0 Å². The third-order valence-corrected chi connectivity index (χ3v) is 4.59. The van der Waals surface area contributed by atoms with E-state index in [9.17, 15) is 0 Å². The molecule has 4 rings (SSSR count). The van der Waals surface area contributed by atoms with Crippen LogP contribution in [0.5, 0.6) is 0 Å². The topological polar surface area (TPSA) is 0 Å². The van der Waals surface area contributed by atoms with Crippen molar-refractivity contribution in [3.05, 3.63) is 138 Å². The zero-order valence-corrected chi connectivity index (χ0v) is 15.1. The summed E-state index contributed by atoms with van der Waals surface area (Å²) in [4.78, 5) is 0. The Bertz CT molecular complexity index is 963. The largest absolute Gasteiger partial charge is 0.193 e. The van der Waals surface area contributed by atoms with Gasteiger partial charge in [0.25, 0.3) is 0 Å². The summed E-state index contributed by atoms with van der Waals surface area (Å²) in [5.41, 5.74) is 7.31. The summed E-state index contributed by atoms with van der Waals surface area (Å²) in [7, 11) is 2.28. The van der Waals surface area contributed by atoms with Gasteiger partial charge in [0.1, 0.15) is 0 Å². The van der Waals surface area contributed by atoms with Gasteiger partial charge in [-0.1, -0.05) is 132 Å². The Labute approximate surface area is 162 Å². The molecule has 0 N–H and O–H groups in total. The van der Waals surface area contributed by atoms with Crippen molar-refractivity contribution < 1.29 is 0 Å². The van der Waals surface area contributed by atoms with Crippen LogP contribution in [0.3, 0.4) is 0 Å². The van der Waals surface area contributed by atoms with Gasteiger partial charge in [-0.2, -0.15) is 0 Å². The Morgan fingerprint density at radius 2 is 0.778 bits per heavy atom. The van der Waals surface area contributed by atoms with Crippen molar-refractivity contribution in [2.24, 2.45) is 0 Å². The average Bonchev–Trinajstić information content (AvgIpc) is 2.76. The number of rotatable bonds is 5. The maximum atomic E-state index is 2.28. The van der Waals surface area contributed by atoms with E-state index >= 15 is 0 Å². The van der Waals surface area contributed by atoms with Crippen molar-refractivity contribution in [1.82, 2.24) is 0 Å². The molecule has 0 aliphatic rings. The molecule has 0 saturated carbocycles. The highest BCUT2D eigenvalue weighted by Crippen LogP contribution is 2.31. The van der Waals surface area contributed by atoms with Gasteiger partial charge in [-0.15, -0.1) is 0 Å². The molecule has 0 amide bonds. The predicted molar refractivity (Wildman–Crippen MR) is 117 cm³/mol. The Balaban J connectivity index is 1.97. The zero-order valence-electron chi connectivity index (χ0n) is 15.1. The summed E-state index contributed by atoms with van der Waals surface area (Å²) in [6, 6.07) is 42.4. The highest BCUT2D eigenvalue weighted by atomic mass is 14.1. The summed E-state index contributed by atoms with van der Waals surface area (Å²) in [5.74, 6) is 0. The Kier molecular flexibility index (Phi) is 5.31. The summed E-state index contributed by atoms with van der Waals surface area (Å²) >= 11 is 0. The van der Waals surface area contributed by atoms with E-state index in [2.05, 4.69) is 129 Å². The van der Waals surface area contributed by atoms with Crippen LogP contribution in [0.25, 0.3) is 11.0 Å². The minimum absolute atomic E-state index is 1.20. The van der Waals surface area contributed by atoms with Crippen molar-refractivity contribution in [2.75, 3.05) is 0 Å².